The van der Waals surface area contributed by atoms with E-state index in [2.05, 4.69) is 39.9 Å². The van der Waals surface area contributed by atoms with Gasteiger partial charge >= 0.3 is 0 Å². The van der Waals surface area contributed by atoms with Crippen molar-refractivity contribution in [2.24, 2.45) is 5.10 Å². The van der Waals surface area contributed by atoms with E-state index < -0.39 is 0 Å². The summed E-state index contributed by atoms with van der Waals surface area (Å²) in [5.41, 5.74) is 6.60. The number of carbonyl (C=O) groups excluding carboxylic acids is 1. The molecular weight excluding hydrogens is 288 g/mol. The highest BCUT2D eigenvalue weighted by Gasteiger charge is 2.01. The van der Waals surface area contributed by atoms with Crippen LogP contribution in [-0.2, 0) is 4.79 Å². The molecule has 23 heavy (non-hydrogen) atoms. The molecule has 1 aromatic heterocycles. The highest BCUT2D eigenvalue weighted by Crippen LogP contribution is 2.08. The van der Waals surface area contributed by atoms with Gasteiger partial charge in [-0.1, -0.05) is 17.7 Å². The molecule has 2 aromatic rings. The summed E-state index contributed by atoms with van der Waals surface area (Å²) in [5.74, 6) is -0.0795. The number of rotatable bonds is 7. The molecule has 1 amide bonds. The molecule has 2 rings (SSSR count). The van der Waals surface area contributed by atoms with Crippen LogP contribution in [-0.4, -0.2) is 23.1 Å². The number of nitrogens with zero attached hydrogens (tertiary/aromatic N) is 2. The predicted molar refractivity (Wildman–Crippen MR) is 93.5 cm³/mol. The average molecular weight is 310 g/mol. The van der Waals surface area contributed by atoms with Gasteiger partial charge in [0.1, 0.15) is 0 Å². The van der Waals surface area contributed by atoms with Gasteiger partial charge in [-0.15, -0.1) is 0 Å². The van der Waals surface area contributed by atoms with Crippen molar-refractivity contribution < 1.29 is 4.79 Å². The highest BCUT2D eigenvalue weighted by atomic mass is 16.2. The van der Waals surface area contributed by atoms with Crippen LogP contribution in [0.5, 0.6) is 0 Å². The third-order valence-electron chi connectivity index (χ3n) is 3.41. The molecule has 0 spiro atoms. The summed E-state index contributed by atoms with van der Waals surface area (Å²) < 4.78 is 0. The SMILES string of the molecule is C/C(=N\NC(=O)CCCNc1ccc(C)cc1)c1ccncc1. The van der Waals surface area contributed by atoms with Crippen LogP contribution in [0.25, 0.3) is 0 Å². The second-order valence-electron chi connectivity index (χ2n) is 5.36. The maximum absolute atomic E-state index is 11.8. The standard InChI is InChI=1S/C18H22N4O/c1-14-5-7-17(8-6-14)20-11-3-4-18(23)22-21-15(2)16-9-12-19-13-10-16/h5-10,12-13,20H,3-4,11H2,1-2H3,(H,22,23)/b21-15+. The molecule has 0 unspecified atom stereocenters. The zero-order valence-electron chi connectivity index (χ0n) is 13.5. The fraction of sp³-hybridized carbons (Fsp3) is 0.278. The van der Waals surface area contributed by atoms with Gasteiger partial charge in [0, 0.05) is 36.6 Å². The van der Waals surface area contributed by atoms with E-state index in [1.807, 2.05) is 31.2 Å². The molecule has 0 radical (unpaired) electrons. The van der Waals surface area contributed by atoms with E-state index in [9.17, 15) is 4.79 Å². The molecule has 0 saturated heterocycles. The Morgan fingerprint density at radius 1 is 1.13 bits per heavy atom. The molecule has 5 nitrogen and oxygen atoms in total. The van der Waals surface area contributed by atoms with Crippen LogP contribution in [0.3, 0.4) is 0 Å². The number of hydrogen-bond acceptors (Lipinski definition) is 4. The third-order valence-corrected chi connectivity index (χ3v) is 3.41. The number of amides is 1. The van der Waals surface area contributed by atoms with Crippen molar-refractivity contribution in [2.75, 3.05) is 11.9 Å². The Kier molecular flexibility index (Phi) is 6.29. The van der Waals surface area contributed by atoms with E-state index in [4.69, 9.17) is 0 Å². The lowest BCUT2D eigenvalue weighted by Crippen LogP contribution is -2.20. The number of pyridine rings is 1. The molecular formula is C18H22N4O. The van der Waals surface area contributed by atoms with Crippen molar-refractivity contribution in [3.63, 3.8) is 0 Å². The van der Waals surface area contributed by atoms with Crippen molar-refractivity contribution in [3.8, 4) is 0 Å². The zero-order chi connectivity index (χ0) is 16.5. The minimum Gasteiger partial charge on any atom is -0.385 e. The van der Waals surface area contributed by atoms with Crippen LogP contribution in [0.15, 0.2) is 53.9 Å². The first kappa shape index (κ1) is 16.7. The molecule has 120 valence electrons. The number of hydrogen-bond donors (Lipinski definition) is 2. The number of aryl methyl sites for hydroxylation is 1. The molecule has 0 aliphatic rings. The minimum atomic E-state index is -0.0795. The maximum Gasteiger partial charge on any atom is 0.240 e. The topological polar surface area (TPSA) is 66.4 Å². The van der Waals surface area contributed by atoms with Gasteiger partial charge in [-0.05, 0) is 44.5 Å². The number of carbonyl (C=O) groups is 1. The van der Waals surface area contributed by atoms with Crippen LogP contribution < -0.4 is 10.7 Å². The van der Waals surface area contributed by atoms with E-state index in [1.54, 1.807) is 12.4 Å². The molecule has 0 atom stereocenters. The van der Waals surface area contributed by atoms with Crippen LogP contribution in [0, 0.1) is 6.92 Å². The molecule has 1 heterocycles. The first-order valence-electron chi connectivity index (χ1n) is 7.69. The highest BCUT2D eigenvalue weighted by molar-refractivity contribution is 5.99. The second-order valence-corrected chi connectivity index (χ2v) is 5.36. The van der Waals surface area contributed by atoms with Crippen molar-refractivity contribution in [2.45, 2.75) is 26.7 Å². The fourth-order valence-corrected chi connectivity index (χ4v) is 2.01. The summed E-state index contributed by atoms with van der Waals surface area (Å²) in [7, 11) is 0. The summed E-state index contributed by atoms with van der Waals surface area (Å²) in [6, 6.07) is 11.9. The number of nitrogens with one attached hydrogen (secondary N) is 2. The van der Waals surface area contributed by atoms with E-state index in [0.717, 1.165) is 29.9 Å². The first-order valence-corrected chi connectivity index (χ1v) is 7.69. The van der Waals surface area contributed by atoms with Crippen LogP contribution in [0.1, 0.15) is 30.9 Å². The summed E-state index contributed by atoms with van der Waals surface area (Å²) in [6.07, 6.45) is 4.59. The van der Waals surface area contributed by atoms with Gasteiger partial charge in [0.15, 0.2) is 0 Å². The maximum atomic E-state index is 11.8. The summed E-state index contributed by atoms with van der Waals surface area (Å²) in [6.45, 7) is 4.67. The molecule has 0 bridgehead atoms. The van der Waals surface area contributed by atoms with E-state index in [1.165, 1.54) is 5.56 Å². The average Bonchev–Trinajstić information content (AvgIpc) is 2.59. The molecule has 1 aromatic carbocycles. The Morgan fingerprint density at radius 3 is 2.52 bits per heavy atom. The van der Waals surface area contributed by atoms with Crippen molar-refractivity contribution in [3.05, 3.63) is 59.9 Å². The van der Waals surface area contributed by atoms with Crippen LogP contribution >= 0.6 is 0 Å². The van der Waals surface area contributed by atoms with E-state index >= 15 is 0 Å². The number of aromatic nitrogens is 1. The van der Waals surface area contributed by atoms with Crippen molar-refractivity contribution in [1.82, 2.24) is 10.4 Å². The Labute approximate surface area is 136 Å². The molecule has 0 saturated carbocycles. The number of benzene rings is 1. The van der Waals surface area contributed by atoms with Crippen molar-refractivity contribution in [1.29, 1.82) is 0 Å². The fourth-order valence-electron chi connectivity index (χ4n) is 2.01. The quantitative estimate of drug-likeness (QED) is 0.469. The Balaban J connectivity index is 1.68. The monoisotopic (exact) mass is 310 g/mol. The largest absolute Gasteiger partial charge is 0.385 e. The Hall–Kier alpha value is -2.69. The first-order chi connectivity index (χ1) is 11.1. The van der Waals surface area contributed by atoms with Gasteiger partial charge in [0.2, 0.25) is 5.91 Å². The van der Waals surface area contributed by atoms with Gasteiger partial charge < -0.3 is 5.32 Å². The lowest BCUT2D eigenvalue weighted by Gasteiger charge is -2.06. The van der Waals surface area contributed by atoms with Crippen LogP contribution in [0.2, 0.25) is 0 Å². The smallest absolute Gasteiger partial charge is 0.240 e. The van der Waals surface area contributed by atoms with E-state index in [-0.39, 0.29) is 5.91 Å². The summed E-state index contributed by atoms with van der Waals surface area (Å²) in [5, 5.41) is 7.41. The number of hydrazone groups is 1. The van der Waals surface area contributed by atoms with E-state index in [0.29, 0.717) is 6.42 Å². The third kappa shape index (κ3) is 5.90. The van der Waals surface area contributed by atoms with Gasteiger partial charge in [-0.2, -0.15) is 5.10 Å². The normalized spacial score (nSPS) is 11.1. The van der Waals surface area contributed by atoms with Gasteiger partial charge in [-0.3, -0.25) is 9.78 Å². The molecule has 0 aliphatic heterocycles. The van der Waals surface area contributed by atoms with Gasteiger partial charge in [-0.25, -0.2) is 5.43 Å². The predicted octanol–water partition coefficient (Wildman–Crippen LogP) is 3.12. The van der Waals surface area contributed by atoms with Crippen LogP contribution in [0.4, 0.5) is 5.69 Å². The summed E-state index contributed by atoms with van der Waals surface area (Å²) >= 11 is 0. The van der Waals surface area contributed by atoms with Gasteiger partial charge in [0.25, 0.3) is 0 Å². The molecule has 0 fully saturated rings. The Bertz CT molecular complexity index is 650. The lowest BCUT2D eigenvalue weighted by molar-refractivity contribution is -0.121. The Morgan fingerprint density at radius 2 is 1.83 bits per heavy atom. The lowest BCUT2D eigenvalue weighted by atomic mass is 10.2. The summed E-state index contributed by atoms with van der Waals surface area (Å²) in [4.78, 5) is 15.7. The molecule has 5 heteroatoms. The molecule has 2 N–H and O–H groups in total. The minimum absolute atomic E-state index is 0.0795. The van der Waals surface area contributed by atoms with Crippen molar-refractivity contribution >= 4 is 17.3 Å². The second kappa shape index (κ2) is 8.68. The molecule has 0 aliphatic carbocycles. The number of anilines is 1. The van der Waals surface area contributed by atoms with Gasteiger partial charge in [0.05, 0.1) is 5.71 Å². The zero-order valence-corrected chi connectivity index (χ0v) is 13.5.